The van der Waals surface area contributed by atoms with Crippen molar-refractivity contribution < 1.29 is 4.42 Å². The largest absolute Gasteiger partial charge is 0.465 e. The van der Waals surface area contributed by atoms with Gasteiger partial charge in [-0.3, -0.25) is 0 Å². The average Bonchev–Trinajstić information content (AvgIpc) is 2.56. The van der Waals surface area contributed by atoms with E-state index in [4.69, 9.17) is 10.2 Å². The minimum Gasteiger partial charge on any atom is -0.465 e. The summed E-state index contributed by atoms with van der Waals surface area (Å²) in [5, 5.41) is 0. The second-order valence-electron chi connectivity index (χ2n) is 3.07. The van der Waals surface area contributed by atoms with Crippen LogP contribution in [-0.2, 0) is 17.9 Å². The molecule has 66 valence electrons. The van der Waals surface area contributed by atoms with E-state index in [0.717, 1.165) is 30.2 Å². The van der Waals surface area contributed by atoms with E-state index in [2.05, 4.69) is 0 Å². The number of furan rings is 1. The fourth-order valence-electron chi connectivity index (χ4n) is 1.69. The smallest absolute Gasteiger partial charge is 0.118 e. The summed E-state index contributed by atoms with van der Waals surface area (Å²) in [6.07, 6.45) is 0.964. The maximum atomic E-state index is 5.63. The van der Waals surface area contributed by atoms with Crippen LogP contribution < -0.4 is 5.73 Å². The number of hydrogen-bond donors (Lipinski definition) is 1. The van der Waals surface area contributed by atoms with E-state index in [1.54, 1.807) is 0 Å². The maximum Gasteiger partial charge on any atom is 0.118 e. The number of nitrogens with two attached hydrogens (primary N) is 1. The van der Waals surface area contributed by atoms with Gasteiger partial charge in [0.1, 0.15) is 11.5 Å². The Kier molecular flexibility index (Phi) is 2.15. The zero-order valence-corrected chi connectivity index (χ0v) is 8.04. The Balaban J connectivity index is 2.38. The van der Waals surface area contributed by atoms with Crippen LogP contribution in [0.5, 0.6) is 0 Å². The minimum atomic E-state index is 0.720. The van der Waals surface area contributed by atoms with Crippen LogP contribution in [-0.4, -0.2) is 6.54 Å². The van der Waals surface area contributed by atoms with Crippen molar-refractivity contribution in [3.05, 3.63) is 22.6 Å². The number of thioether (sulfide) groups is 1. The number of fused-ring (bicyclic) bond motifs is 1. The van der Waals surface area contributed by atoms with E-state index in [1.807, 2.05) is 18.7 Å². The molecule has 0 bridgehead atoms. The van der Waals surface area contributed by atoms with Gasteiger partial charge in [-0.1, -0.05) is 0 Å². The van der Waals surface area contributed by atoms with Gasteiger partial charge in [0.2, 0.25) is 0 Å². The van der Waals surface area contributed by atoms with Gasteiger partial charge in [0, 0.05) is 11.3 Å². The monoisotopic (exact) mass is 183 g/mol. The maximum absolute atomic E-state index is 5.63. The quantitative estimate of drug-likeness (QED) is 0.760. The molecule has 0 saturated carbocycles. The summed E-state index contributed by atoms with van der Waals surface area (Å²) < 4.78 is 5.63. The lowest BCUT2D eigenvalue weighted by Crippen LogP contribution is -2.04. The average molecular weight is 183 g/mol. The van der Waals surface area contributed by atoms with E-state index in [0.29, 0.717) is 0 Å². The third-order valence-corrected chi connectivity index (χ3v) is 3.24. The van der Waals surface area contributed by atoms with Crippen LogP contribution in [0.15, 0.2) is 4.42 Å². The van der Waals surface area contributed by atoms with Crippen molar-refractivity contribution in [2.45, 2.75) is 24.9 Å². The van der Waals surface area contributed by atoms with Gasteiger partial charge >= 0.3 is 0 Å². The molecule has 1 aliphatic rings. The highest BCUT2D eigenvalue weighted by atomic mass is 32.2. The lowest BCUT2D eigenvalue weighted by Gasteiger charge is -1.97. The Morgan fingerprint density at radius 2 is 2.33 bits per heavy atom. The summed E-state index contributed by atoms with van der Waals surface area (Å²) in [7, 11) is 0. The van der Waals surface area contributed by atoms with Crippen LogP contribution in [0.2, 0.25) is 0 Å². The van der Waals surface area contributed by atoms with Crippen LogP contribution in [0.3, 0.4) is 0 Å². The highest BCUT2D eigenvalue weighted by Crippen LogP contribution is 2.35. The molecule has 0 spiro atoms. The first-order valence-corrected chi connectivity index (χ1v) is 5.36. The van der Waals surface area contributed by atoms with Crippen molar-refractivity contribution in [2.75, 3.05) is 6.54 Å². The summed E-state index contributed by atoms with van der Waals surface area (Å²) in [4.78, 5) is 0. The zero-order chi connectivity index (χ0) is 8.55. The van der Waals surface area contributed by atoms with E-state index in [-0.39, 0.29) is 0 Å². The molecule has 1 aliphatic heterocycles. The first kappa shape index (κ1) is 8.20. The zero-order valence-electron chi connectivity index (χ0n) is 7.22. The topological polar surface area (TPSA) is 39.2 Å². The molecule has 2 nitrogen and oxygen atoms in total. The van der Waals surface area contributed by atoms with Gasteiger partial charge < -0.3 is 10.2 Å². The lowest BCUT2D eigenvalue weighted by molar-refractivity contribution is 0.498. The van der Waals surface area contributed by atoms with Gasteiger partial charge in [-0.25, -0.2) is 0 Å². The molecule has 2 rings (SSSR count). The summed E-state index contributed by atoms with van der Waals surface area (Å²) >= 11 is 1.92. The Bertz CT molecular complexity index is 293. The first-order chi connectivity index (χ1) is 5.83. The molecule has 0 unspecified atom stereocenters. The normalized spacial score (nSPS) is 15.2. The predicted molar refractivity (Wildman–Crippen MR) is 51.2 cm³/mol. The Morgan fingerprint density at radius 3 is 3.08 bits per heavy atom. The van der Waals surface area contributed by atoms with Crippen LogP contribution in [0, 0.1) is 6.92 Å². The lowest BCUT2D eigenvalue weighted by atomic mass is 10.1. The third kappa shape index (κ3) is 1.17. The van der Waals surface area contributed by atoms with E-state index in [9.17, 15) is 0 Å². The molecule has 0 fully saturated rings. The van der Waals surface area contributed by atoms with Crippen LogP contribution in [0.25, 0.3) is 0 Å². The predicted octanol–water partition coefficient (Wildman–Crippen LogP) is 1.84. The number of hydrogen-bond acceptors (Lipinski definition) is 3. The highest BCUT2D eigenvalue weighted by Gasteiger charge is 2.21. The summed E-state index contributed by atoms with van der Waals surface area (Å²) in [6, 6.07) is 0. The third-order valence-electron chi connectivity index (χ3n) is 2.28. The van der Waals surface area contributed by atoms with Gasteiger partial charge in [0.05, 0.1) is 5.75 Å². The molecular weight excluding hydrogens is 170 g/mol. The van der Waals surface area contributed by atoms with Gasteiger partial charge in [0.25, 0.3) is 0 Å². The Hall–Kier alpha value is -0.410. The van der Waals surface area contributed by atoms with Crippen LogP contribution >= 0.6 is 11.8 Å². The molecule has 0 radical (unpaired) electrons. The van der Waals surface area contributed by atoms with E-state index < -0.39 is 0 Å². The van der Waals surface area contributed by atoms with E-state index in [1.165, 1.54) is 16.9 Å². The Labute approximate surface area is 76.5 Å². The Morgan fingerprint density at radius 1 is 1.50 bits per heavy atom. The molecule has 0 aromatic carbocycles. The van der Waals surface area contributed by atoms with E-state index >= 15 is 0 Å². The molecule has 2 N–H and O–H groups in total. The number of rotatable bonds is 2. The van der Waals surface area contributed by atoms with Crippen LogP contribution in [0.1, 0.15) is 22.6 Å². The van der Waals surface area contributed by atoms with Gasteiger partial charge in [-0.15, -0.1) is 11.8 Å². The molecule has 1 aromatic heterocycles. The fourth-order valence-corrected chi connectivity index (χ4v) is 2.75. The highest BCUT2D eigenvalue weighted by molar-refractivity contribution is 7.98. The van der Waals surface area contributed by atoms with Gasteiger partial charge in [-0.05, 0) is 25.5 Å². The SMILES string of the molecule is Cc1oc2c(c1CCN)CSC2. The summed E-state index contributed by atoms with van der Waals surface area (Å²) in [6.45, 7) is 2.76. The minimum absolute atomic E-state index is 0.720. The second kappa shape index (κ2) is 3.15. The molecule has 12 heavy (non-hydrogen) atoms. The van der Waals surface area contributed by atoms with Gasteiger partial charge in [-0.2, -0.15) is 0 Å². The van der Waals surface area contributed by atoms with Crippen molar-refractivity contribution in [1.82, 2.24) is 0 Å². The molecular formula is C9H13NOS. The first-order valence-electron chi connectivity index (χ1n) is 4.20. The van der Waals surface area contributed by atoms with Crippen molar-refractivity contribution >= 4 is 11.8 Å². The van der Waals surface area contributed by atoms with Crippen molar-refractivity contribution in [3.8, 4) is 0 Å². The summed E-state index contributed by atoms with van der Waals surface area (Å²) in [5.74, 6) is 4.41. The fraction of sp³-hybridized carbons (Fsp3) is 0.556. The number of aryl methyl sites for hydroxylation is 1. The standard InChI is InChI=1S/C9H13NOS/c1-6-7(2-3-10)8-4-12-5-9(8)11-6/h2-5,10H2,1H3. The molecule has 3 heteroatoms. The molecule has 0 aliphatic carbocycles. The van der Waals surface area contributed by atoms with Crippen LogP contribution in [0.4, 0.5) is 0 Å². The molecule has 0 atom stereocenters. The van der Waals surface area contributed by atoms with Crippen molar-refractivity contribution in [2.24, 2.45) is 5.73 Å². The summed E-state index contributed by atoms with van der Waals surface area (Å²) in [5.41, 5.74) is 8.31. The molecule has 0 amide bonds. The van der Waals surface area contributed by atoms with Crippen molar-refractivity contribution in [3.63, 3.8) is 0 Å². The molecule has 0 saturated heterocycles. The molecule has 1 aromatic rings. The van der Waals surface area contributed by atoms with Crippen molar-refractivity contribution in [1.29, 1.82) is 0 Å². The van der Waals surface area contributed by atoms with Gasteiger partial charge in [0.15, 0.2) is 0 Å². The molecule has 2 heterocycles. The second-order valence-corrected chi connectivity index (χ2v) is 4.06.